The number of rotatable bonds is 9. The van der Waals surface area contributed by atoms with Crippen LogP contribution in [0.3, 0.4) is 0 Å². The molecule has 5 nitrogen and oxygen atoms in total. The van der Waals surface area contributed by atoms with Crippen molar-refractivity contribution in [2.24, 2.45) is 0 Å². The van der Waals surface area contributed by atoms with Gasteiger partial charge in [-0.1, -0.05) is 54.4 Å². The molecule has 37 heavy (non-hydrogen) atoms. The molecular formula is C29H30Cl2FNO4. The van der Waals surface area contributed by atoms with Gasteiger partial charge in [-0.15, -0.1) is 0 Å². The number of nitrogens with zero attached hydrogens (tertiary/aromatic N) is 1. The molecule has 0 aliphatic carbocycles. The molecule has 0 bridgehead atoms. The molecule has 0 radical (unpaired) electrons. The quantitative estimate of drug-likeness (QED) is 0.288. The minimum atomic E-state index is -0.623. The lowest BCUT2D eigenvalue weighted by Crippen LogP contribution is -2.52. The van der Waals surface area contributed by atoms with Crippen molar-refractivity contribution in [1.29, 1.82) is 0 Å². The van der Waals surface area contributed by atoms with Crippen LogP contribution in [0, 0.1) is 12.7 Å². The third-order valence-electron chi connectivity index (χ3n) is 6.60. The molecule has 3 aromatic rings. The fourth-order valence-corrected chi connectivity index (χ4v) is 5.09. The fourth-order valence-electron chi connectivity index (χ4n) is 4.73. The molecule has 1 unspecified atom stereocenters. The van der Waals surface area contributed by atoms with E-state index in [1.54, 1.807) is 25.3 Å². The number of benzene rings is 3. The molecule has 8 heteroatoms. The number of amides is 1. The van der Waals surface area contributed by atoms with Gasteiger partial charge in [0, 0.05) is 10.0 Å². The highest BCUT2D eigenvalue weighted by Gasteiger charge is 2.42. The number of aryl methyl sites for hydroxylation is 1. The van der Waals surface area contributed by atoms with Crippen LogP contribution in [0.2, 0.25) is 10.0 Å². The maximum atomic E-state index is 14.3. The van der Waals surface area contributed by atoms with Crippen LogP contribution < -0.4 is 4.74 Å². The summed E-state index contributed by atoms with van der Waals surface area (Å²) in [5.74, 6) is 0.176. The zero-order valence-corrected chi connectivity index (χ0v) is 22.6. The van der Waals surface area contributed by atoms with Crippen LogP contribution in [-0.4, -0.2) is 37.2 Å². The molecule has 1 heterocycles. The summed E-state index contributed by atoms with van der Waals surface area (Å²) in [4.78, 5) is 15.1. The van der Waals surface area contributed by atoms with E-state index in [4.69, 9.17) is 37.4 Å². The number of methoxy groups -OCH3 is 1. The summed E-state index contributed by atoms with van der Waals surface area (Å²) in [6.45, 7) is 4.56. The third-order valence-corrected chi connectivity index (χ3v) is 7.07. The van der Waals surface area contributed by atoms with Crippen LogP contribution in [0.5, 0.6) is 5.75 Å². The van der Waals surface area contributed by atoms with E-state index in [0.717, 1.165) is 22.4 Å². The Bertz CT molecular complexity index is 1220. The number of carbonyl (C=O) groups is 1. The second kappa shape index (κ2) is 12.3. The standard InChI is InChI=1S/C29H30Cl2FNO4/c1-4-25(16-36-15-19-6-5-18(2)26(11-19)35-3)33-27(34)17-37-29(21-12-23(31)14-24(32)13-21)28(33)20-7-9-22(30)10-8-20/h5-14,25,28-29H,4,15-17H2,1-3H3/t25-,28?,29+/m0/s1. The Balaban J connectivity index is 1.63. The zero-order chi connectivity index (χ0) is 26.5. The molecule has 1 amide bonds. The van der Waals surface area contributed by atoms with Crippen molar-refractivity contribution in [2.75, 3.05) is 20.3 Å². The maximum absolute atomic E-state index is 14.3. The molecular weight excluding hydrogens is 516 g/mol. The lowest BCUT2D eigenvalue weighted by atomic mass is 9.91. The van der Waals surface area contributed by atoms with Crippen molar-refractivity contribution in [3.8, 4) is 5.75 Å². The Morgan fingerprint density at radius 1 is 1.05 bits per heavy atom. The number of ether oxygens (including phenoxy) is 3. The molecule has 1 fully saturated rings. The van der Waals surface area contributed by atoms with Crippen LogP contribution in [0.4, 0.5) is 4.39 Å². The van der Waals surface area contributed by atoms with Gasteiger partial charge >= 0.3 is 0 Å². The van der Waals surface area contributed by atoms with Crippen LogP contribution >= 0.6 is 23.2 Å². The first-order chi connectivity index (χ1) is 17.8. The molecule has 0 spiro atoms. The molecule has 0 aromatic heterocycles. The van der Waals surface area contributed by atoms with Crippen LogP contribution in [0.15, 0.2) is 60.7 Å². The van der Waals surface area contributed by atoms with E-state index in [9.17, 15) is 9.18 Å². The molecule has 4 rings (SSSR count). The van der Waals surface area contributed by atoms with Crippen LogP contribution in [0.1, 0.15) is 47.7 Å². The summed E-state index contributed by atoms with van der Waals surface area (Å²) in [6, 6.07) is 16.8. The third kappa shape index (κ3) is 6.44. The second-order valence-electron chi connectivity index (χ2n) is 9.11. The van der Waals surface area contributed by atoms with Crippen molar-refractivity contribution in [3.05, 3.63) is 98.8 Å². The lowest BCUT2D eigenvalue weighted by molar-refractivity contribution is -0.166. The SMILES string of the molecule is CC[C@@H](COCc1ccc(C)c(OC)c1)N1C(=O)CO[C@H](c2cc(F)cc(Cl)c2)C1c1ccc(Cl)cc1. The Hall–Kier alpha value is -2.64. The van der Waals surface area contributed by atoms with E-state index < -0.39 is 18.0 Å². The van der Waals surface area contributed by atoms with Gasteiger partial charge in [-0.05, 0) is 72.0 Å². The first-order valence-corrected chi connectivity index (χ1v) is 12.9. The van der Waals surface area contributed by atoms with Crippen LogP contribution in [-0.2, 0) is 20.9 Å². The van der Waals surface area contributed by atoms with Gasteiger partial charge in [0.1, 0.15) is 24.3 Å². The van der Waals surface area contributed by atoms with Crippen molar-refractivity contribution >= 4 is 29.1 Å². The average molecular weight is 546 g/mol. The van der Waals surface area contributed by atoms with Gasteiger partial charge in [0.15, 0.2) is 0 Å². The van der Waals surface area contributed by atoms with Crippen molar-refractivity contribution in [1.82, 2.24) is 4.90 Å². The topological polar surface area (TPSA) is 48.0 Å². The number of carbonyl (C=O) groups excluding carboxylic acids is 1. The highest BCUT2D eigenvalue weighted by atomic mass is 35.5. The minimum absolute atomic E-state index is 0.130. The van der Waals surface area contributed by atoms with E-state index in [1.165, 1.54) is 12.1 Å². The lowest BCUT2D eigenvalue weighted by Gasteiger charge is -2.45. The summed E-state index contributed by atoms with van der Waals surface area (Å²) < 4.78 is 31.8. The second-order valence-corrected chi connectivity index (χ2v) is 9.99. The van der Waals surface area contributed by atoms with Gasteiger partial charge in [-0.25, -0.2) is 4.39 Å². The Morgan fingerprint density at radius 2 is 1.81 bits per heavy atom. The summed E-state index contributed by atoms with van der Waals surface area (Å²) in [6.07, 6.45) is 0.0337. The molecule has 3 atom stereocenters. The van der Waals surface area contributed by atoms with E-state index in [-0.39, 0.29) is 23.6 Å². The highest BCUT2D eigenvalue weighted by molar-refractivity contribution is 6.30. The molecule has 3 aromatic carbocycles. The van der Waals surface area contributed by atoms with Crippen molar-refractivity contribution in [2.45, 2.75) is 45.1 Å². The van der Waals surface area contributed by atoms with E-state index >= 15 is 0 Å². The Labute approximate surface area is 227 Å². The first-order valence-electron chi connectivity index (χ1n) is 12.2. The number of hydrogen-bond acceptors (Lipinski definition) is 4. The van der Waals surface area contributed by atoms with E-state index in [1.807, 2.05) is 49.1 Å². The normalized spacial score (nSPS) is 18.6. The van der Waals surface area contributed by atoms with E-state index in [2.05, 4.69) is 0 Å². The minimum Gasteiger partial charge on any atom is -0.496 e. The Kier molecular flexibility index (Phi) is 9.08. The number of halogens is 3. The van der Waals surface area contributed by atoms with Gasteiger partial charge in [-0.2, -0.15) is 0 Å². The van der Waals surface area contributed by atoms with Crippen molar-refractivity contribution in [3.63, 3.8) is 0 Å². The van der Waals surface area contributed by atoms with Gasteiger partial charge in [0.2, 0.25) is 5.91 Å². The predicted molar refractivity (Wildman–Crippen MR) is 143 cm³/mol. The Morgan fingerprint density at radius 3 is 2.49 bits per heavy atom. The molecule has 1 aliphatic rings. The summed E-state index contributed by atoms with van der Waals surface area (Å²) in [5, 5.41) is 0.841. The number of morpholine rings is 1. The number of hydrogen-bond donors (Lipinski definition) is 0. The van der Waals surface area contributed by atoms with E-state index in [0.29, 0.717) is 30.2 Å². The molecule has 196 valence electrons. The predicted octanol–water partition coefficient (Wildman–Crippen LogP) is 7.09. The largest absolute Gasteiger partial charge is 0.496 e. The molecule has 1 saturated heterocycles. The maximum Gasteiger partial charge on any atom is 0.249 e. The summed E-state index contributed by atoms with van der Waals surface area (Å²) in [5.41, 5.74) is 3.41. The van der Waals surface area contributed by atoms with Gasteiger partial charge in [-0.3, -0.25) is 4.79 Å². The van der Waals surface area contributed by atoms with Crippen molar-refractivity contribution < 1.29 is 23.4 Å². The molecule has 0 saturated carbocycles. The zero-order valence-electron chi connectivity index (χ0n) is 21.0. The fraction of sp³-hybridized carbons (Fsp3) is 0.345. The summed E-state index contributed by atoms with van der Waals surface area (Å²) >= 11 is 12.3. The van der Waals surface area contributed by atoms with Gasteiger partial charge in [0.25, 0.3) is 0 Å². The average Bonchev–Trinajstić information content (AvgIpc) is 2.87. The van der Waals surface area contributed by atoms with Gasteiger partial charge in [0.05, 0.1) is 32.4 Å². The highest BCUT2D eigenvalue weighted by Crippen LogP contribution is 2.42. The first kappa shape index (κ1) is 27.4. The monoisotopic (exact) mass is 545 g/mol. The van der Waals surface area contributed by atoms with Crippen LogP contribution in [0.25, 0.3) is 0 Å². The molecule has 0 N–H and O–H groups in total. The van der Waals surface area contributed by atoms with Gasteiger partial charge < -0.3 is 19.1 Å². The summed E-state index contributed by atoms with van der Waals surface area (Å²) in [7, 11) is 1.64. The molecule has 1 aliphatic heterocycles. The smallest absolute Gasteiger partial charge is 0.249 e.